The zero-order chi connectivity index (χ0) is 19.3. The van der Waals surface area contributed by atoms with E-state index in [2.05, 4.69) is 52.0 Å². The van der Waals surface area contributed by atoms with Gasteiger partial charge in [0, 0.05) is 20.1 Å². The van der Waals surface area contributed by atoms with Crippen molar-refractivity contribution in [3.05, 3.63) is 59.7 Å². The fourth-order valence-electron chi connectivity index (χ4n) is 2.83. The molecule has 0 aliphatic carbocycles. The van der Waals surface area contributed by atoms with Gasteiger partial charge >= 0.3 is 0 Å². The fourth-order valence-corrected chi connectivity index (χ4v) is 2.83. The quantitative estimate of drug-likeness (QED) is 0.383. The highest BCUT2D eigenvalue weighted by atomic mass is 16.5. The molecule has 2 N–H and O–H groups in total. The van der Waals surface area contributed by atoms with Gasteiger partial charge in [0.25, 0.3) is 0 Å². The first kappa shape index (κ1) is 20.6. The summed E-state index contributed by atoms with van der Waals surface area (Å²) in [5.74, 6) is 2.43. The normalized spacial score (nSPS) is 11.1. The maximum atomic E-state index is 5.64. The molecule has 0 aromatic heterocycles. The number of benzene rings is 2. The second kappa shape index (κ2) is 11.8. The van der Waals surface area contributed by atoms with Gasteiger partial charge in [-0.25, -0.2) is 0 Å². The van der Waals surface area contributed by atoms with Crippen LogP contribution in [0.4, 0.5) is 0 Å². The molecule has 0 amide bonds. The van der Waals surface area contributed by atoms with E-state index in [0.717, 1.165) is 49.8 Å². The molecule has 0 bridgehead atoms. The molecule has 0 aliphatic heterocycles. The van der Waals surface area contributed by atoms with Crippen LogP contribution in [0.1, 0.15) is 24.5 Å². The van der Waals surface area contributed by atoms with Crippen molar-refractivity contribution >= 4 is 5.96 Å². The topological polar surface area (TPSA) is 54.9 Å². The van der Waals surface area contributed by atoms with Crippen LogP contribution in [0.3, 0.4) is 0 Å². The molecule has 0 radical (unpaired) electrons. The predicted molar refractivity (Wildman–Crippen MR) is 112 cm³/mol. The van der Waals surface area contributed by atoms with E-state index in [1.165, 1.54) is 11.1 Å². The summed E-state index contributed by atoms with van der Waals surface area (Å²) >= 11 is 0. The van der Waals surface area contributed by atoms with Crippen molar-refractivity contribution in [1.82, 2.24) is 10.6 Å². The number of ether oxygens (including phenoxy) is 2. The molecule has 146 valence electrons. The third-order valence-electron chi connectivity index (χ3n) is 4.24. The van der Waals surface area contributed by atoms with Crippen molar-refractivity contribution in [3.63, 3.8) is 0 Å². The molecule has 5 heteroatoms. The van der Waals surface area contributed by atoms with Crippen LogP contribution in [0, 0.1) is 0 Å². The van der Waals surface area contributed by atoms with Gasteiger partial charge < -0.3 is 20.1 Å². The minimum Gasteiger partial charge on any atom is -0.493 e. The van der Waals surface area contributed by atoms with E-state index in [-0.39, 0.29) is 0 Å². The minimum absolute atomic E-state index is 0.631. The zero-order valence-corrected chi connectivity index (χ0v) is 16.6. The van der Waals surface area contributed by atoms with Crippen LogP contribution in [-0.2, 0) is 12.8 Å². The average molecular weight is 370 g/mol. The molecule has 27 heavy (non-hydrogen) atoms. The molecule has 0 unspecified atom stereocenters. The van der Waals surface area contributed by atoms with Gasteiger partial charge in [0.05, 0.1) is 13.7 Å². The third-order valence-corrected chi connectivity index (χ3v) is 4.24. The average Bonchev–Trinajstić information content (AvgIpc) is 2.71. The van der Waals surface area contributed by atoms with E-state index < -0.39 is 0 Å². The van der Waals surface area contributed by atoms with Gasteiger partial charge in [0.1, 0.15) is 0 Å². The lowest BCUT2D eigenvalue weighted by molar-refractivity contribution is 0.310. The molecule has 2 rings (SSSR count). The Morgan fingerprint density at radius 3 is 2.41 bits per heavy atom. The Balaban J connectivity index is 1.70. The van der Waals surface area contributed by atoms with Gasteiger partial charge in [-0.2, -0.15) is 0 Å². The minimum atomic E-state index is 0.631. The molecule has 0 spiro atoms. The molecular weight excluding hydrogens is 338 g/mol. The summed E-state index contributed by atoms with van der Waals surface area (Å²) < 4.78 is 11.0. The van der Waals surface area contributed by atoms with Gasteiger partial charge in [-0.15, -0.1) is 0 Å². The Bertz CT molecular complexity index is 702. The van der Waals surface area contributed by atoms with Crippen LogP contribution < -0.4 is 20.1 Å². The molecule has 5 nitrogen and oxygen atoms in total. The van der Waals surface area contributed by atoms with Crippen LogP contribution >= 0.6 is 0 Å². The van der Waals surface area contributed by atoms with Crippen LogP contribution in [0.2, 0.25) is 0 Å². The largest absolute Gasteiger partial charge is 0.493 e. The lowest BCUT2D eigenvalue weighted by Gasteiger charge is -2.13. The molecule has 0 fully saturated rings. The predicted octanol–water partition coefficient (Wildman–Crippen LogP) is 3.43. The zero-order valence-electron chi connectivity index (χ0n) is 16.6. The monoisotopic (exact) mass is 369 g/mol. The maximum Gasteiger partial charge on any atom is 0.190 e. The Labute approximate surface area is 162 Å². The summed E-state index contributed by atoms with van der Waals surface area (Å²) in [4.78, 5) is 4.28. The van der Waals surface area contributed by atoms with Crippen molar-refractivity contribution < 1.29 is 9.47 Å². The Morgan fingerprint density at radius 1 is 0.926 bits per heavy atom. The fraction of sp³-hybridized carbons (Fsp3) is 0.409. The third kappa shape index (κ3) is 7.21. The van der Waals surface area contributed by atoms with E-state index in [9.17, 15) is 0 Å². The first-order valence-electron chi connectivity index (χ1n) is 9.55. The van der Waals surface area contributed by atoms with Crippen LogP contribution in [0.25, 0.3) is 0 Å². The molecule has 0 aliphatic rings. The van der Waals surface area contributed by atoms with Gasteiger partial charge in [0.2, 0.25) is 0 Å². The summed E-state index contributed by atoms with van der Waals surface area (Å²) in [7, 11) is 3.47. The molecule has 0 saturated heterocycles. The first-order valence-corrected chi connectivity index (χ1v) is 9.55. The van der Waals surface area contributed by atoms with Gasteiger partial charge in [0.15, 0.2) is 17.5 Å². The van der Waals surface area contributed by atoms with E-state index in [1.807, 2.05) is 19.1 Å². The smallest absolute Gasteiger partial charge is 0.190 e. The Morgan fingerprint density at radius 2 is 1.70 bits per heavy atom. The van der Waals surface area contributed by atoms with Crippen molar-refractivity contribution in [2.45, 2.75) is 26.2 Å². The number of aliphatic imine (C=N–C) groups is 1. The van der Waals surface area contributed by atoms with Crippen molar-refractivity contribution in [3.8, 4) is 11.5 Å². The molecule has 2 aromatic rings. The molecule has 0 saturated carbocycles. The van der Waals surface area contributed by atoms with Crippen molar-refractivity contribution in [2.75, 3.05) is 33.9 Å². The summed E-state index contributed by atoms with van der Waals surface area (Å²) in [6.07, 6.45) is 2.96. The summed E-state index contributed by atoms with van der Waals surface area (Å²) in [5, 5.41) is 6.73. The number of methoxy groups -OCH3 is 1. The number of hydrogen-bond donors (Lipinski definition) is 2. The number of aryl methyl sites for hydroxylation is 1. The lowest BCUT2D eigenvalue weighted by atomic mass is 10.1. The van der Waals surface area contributed by atoms with Gasteiger partial charge in [-0.3, -0.25) is 4.99 Å². The number of hydrogen-bond acceptors (Lipinski definition) is 3. The summed E-state index contributed by atoms with van der Waals surface area (Å²) in [6, 6.07) is 16.6. The number of rotatable bonds is 10. The SMILES string of the molecule is CCOc1cc(CCCNC(=NC)NCCc2ccccc2)ccc1OC. The van der Waals surface area contributed by atoms with Gasteiger partial charge in [-0.1, -0.05) is 36.4 Å². The Hall–Kier alpha value is -2.69. The van der Waals surface area contributed by atoms with Crippen LogP contribution in [0.5, 0.6) is 11.5 Å². The molecule has 0 heterocycles. The number of guanidine groups is 1. The van der Waals surface area contributed by atoms with Gasteiger partial charge in [-0.05, 0) is 49.4 Å². The second-order valence-corrected chi connectivity index (χ2v) is 6.18. The standard InChI is InChI=1S/C22H31N3O2/c1-4-27-21-17-19(12-13-20(21)26-3)11-8-15-24-22(23-2)25-16-14-18-9-6-5-7-10-18/h5-7,9-10,12-13,17H,4,8,11,14-16H2,1-3H3,(H2,23,24,25). The second-order valence-electron chi connectivity index (χ2n) is 6.18. The summed E-state index contributed by atoms with van der Waals surface area (Å²) in [6.45, 7) is 4.33. The number of nitrogens with one attached hydrogen (secondary N) is 2. The first-order chi connectivity index (χ1) is 13.3. The van der Waals surface area contributed by atoms with E-state index in [0.29, 0.717) is 6.61 Å². The highest BCUT2D eigenvalue weighted by molar-refractivity contribution is 5.79. The molecule has 0 atom stereocenters. The van der Waals surface area contributed by atoms with Crippen LogP contribution in [-0.4, -0.2) is 39.8 Å². The van der Waals surface area contributed by atoms with Crippen molar-refractivity contribution in [2.24, 2.45) is 4.99 Å². The highest BCUT2D eigenvalue weighted by Crippen LogP contribution is 2.28. The van der Waals surface area contributed by atoms with E-state index in [4.69, 9.17) is 9.47 Å². The van der Waals surface area contributed by atoms with E-state index >= 15 is 0 Å². The lowest BCUT2D eigenvalue weighted by Crippen LogP contribution is -2.38. The maximum absolute atomic E-state index is 5.64. The van der Waals surface area contributed by atoms with Crippen molar-refractivity contribution in [1.29, 1.82) is 0 Å². The van der Waals surface area contributed by atoms with Crippen LogP contribution in [0.15, 0.2) is 53.5 Å². The van der Waals surface area contributed by atoms with E-state index in [1.54, 1.807) is 14.2 Å². The summed E-state index contributed by atoms with van der Waals surface area (Å²) in [5.41, 5.74) is 2.57. The Kier molecular flexibility index (Phi) is 9.04. The number of nitrogens with zero attached hydrogens (tertiary/aromatic N) is 1. The molecular formula is C22H31N3O2. The highest BCUT2D eigenvalue weighted by Gasteiger charge is 2.05. The molecule has 2 aromatic carbocycles.